The molecule has 0 spiro atoms. The number of amides is 3. The van der Waals surface area contributed by atoms with Crippen LogP contribution in [-0.2, 0) is 24.0 Å². The maximum absolute atomic E-state index is 12.4. The van der Waals surface area contributed by atoms with E-state index in [1.165, 1.54) is 0 Å². The predicted molar refractivity (Wildman–Crippen MR) is 89.6 cm³/mol. The van der Waals surface area contributed by atoms with Gasteiger partial charge in [-0.1, -0.05) is 20.3 Å². The van der Waals surface area contributed by atoms with Crippen molar-refractivity contribution in [3.63, 3.8) is 0 Å². The number of carbonyl (C=O) groups excluding carboxylic acids is 3. The van der Waals surface area contributed by atoms with E-state index in [0.717, 1.165) is 0 Å². The molecule has 26 heavy (non-hydrogen) atoms. The third-order valence-corrected chi connectivity index (χ3v) is 3.82. The second-order valence-corrected chi connectivity index (χ2v) is 5.98. The van der Waals surface area contributed by atoms with Gasteiger partial charge in [0.25, 0.3) is 0 Å². The fourth-order valence-electron chi connectivity index (χ4n) is 2.05. The Balaban J connectivity index is 5.17. The van der Waals surface area contributed by atoms with Crippen molar-refractivity contribution in [2.45, 2.75) is 57.7 Å². The summed E-state index contributed by atoms with van der Waals surface area (Å²) < 4.78 is 0. The Labute approximate surface area is 150 Å². The molecule has 0 aliphatic carbocycles. The molecule has 11 heteroatoms. The van der Waals surface area contributed by atoms with Gasteiger partial charge in [0.15, 0.2) is 0 Å². The molecule has 0 aromatic carbocycles. The summed E-state index contributed by atoms with van der Waals surface area (Å²) in [5.74, 6) is -5.37. The summed E-state index contributed by atoms with van der Waals surface area (Å²) in [6.07, 6.45) is -0.590. The van der Waals surface area contributed by atoms with E-state index in [9.17, 15) is 29.1 Å². The predicted octanol–water partition coefficient (Wildman–Crippen LogP) is -1.85. The molecule has 0 bridgehead atoms. The number of carbonyl (C=O) groups is 5. The lowest BCUT2D eigenvalue weighted by Gasteiger charge is -2.25. The van der Waals surface area contributed by atoms with Crippen LogP contribution in [0.4, 0.5) is 0 Å². The number of primary amides is 1. The van der Waals surface area contributed by atoms with Crippen molar-refractivity contribution in [2.75, 3.05) is 0 Å². The molecule has 0 saturated carbocycles. The number of hydrogen-bond donors (Lipinski definition) is 6. The number of hydrogen-bond acceptors (Lipinski definition) is 6. The lowest BCUT2D eigenvalue weighted by Crippen LogP contribution is -2.56. The van der Waals surface area contributed by atoms with E-state index in [-0.39, 0.29) is 18.8 Å². The maximum Gasteiger partial charge on any atom is 0.326 e. The molecule has 0 heterocycles. The average molecular weight is 374 g/mol. The summed E-state index contributed by atoms with van der Waals surface area (Å²) in [6, 6.07) is -3.87. The Kier molecular flexibility index (Phi) is 9.89. The minimum Gasteiger partial charge on any atom is -0.481 e. The zero-order chi connectivity index (χ0) is 20.4. The van der Waals surface area contributed by atoms with Crippen LogP contribution in [0.15, 0.2) is 0 Å². The van der Waals surface area contributed by atoms with Crippen LogP contribution in [0.3, 0.4) is 0 Å². The number of nitrogens with two attached hydrogens (primary N) is 2. The first-order chi connectivity index (χ1) is 12.0. The summed E-state index contributed by atoms with van der Waals surface area (Å²) in [4.78, 5) is 57.2. The van der Waals surface area contributed by atoms with E-state index >= 15 is 0 Å². The molecule has 0 radical (unpaired) electrons. The molecule has 4 unspecified atom stereocenters. The Morgan fingerprint density at radius 1 is 1.04 bits per heavy atom. The van der Waals surface area contributed by atoms with Crippen LogP contribution in [0.5, 0.6) is 0 Å². The van der Waals surface area contributed by atoms with Crippen LogP contribution in [0, 0.1) is 5.92 Å². The van der Waals surface area contributed by atoms with E-state index in [2.05, 4.69) is 10.6 Å². The first-order valence-corrected chi connectivity index (χ1v) is 8.08. The van der Waals surface area contributed by atoms with Crippen molar-refractivity contribution in [1.29, 1.82) is 0 Å². The highest BCUT2D eigenvalue weighted by Crippen LogP contribution is 2.09. The molecule has 11 nitrogen and oxygen atoms in total. The second-order valence-electron chi connectivity index (χ2n) is 5.98. The maximum atomic E-state index is 12.4. The molecule has 0 aromatic heterocycles. The van der Waals surface area contributed by atoms with Crippen LogP contribution in [0.2, 0.25) is 0 Å². The van der Waals surface area contributed by atoms with Gasteiger partial charge < -0.3 is 32.3 Å². The molecule has 8 N–H and O–H groups in total. The summed E-state index contributed by atoms with van der Waals surface area (Å²) >= 11 is 0. The minimum absolute atomic E-state index is 0.181. The molecule has 0 aliphatic heterocycles. The van der Waals surface area contributed by atoms with Crippen molar-refractivity contribution in [1.82, 2.24) is 10.6 Å². The normalized spacial score (nSPS) is 15.2. The van der Waals surface area contributed by atoms with Crippen LogP contribution < -0.4 is 22.1 Å². The minimum atomic E-state index is -1.40. The van der Waals surface area contributed by atoms with E-state index in [0.29, 0.717) is 6.42 Å². The monoisotopic (exact) mass is 374 g/mol. The van der Waals surface area contributed by atoms with Gasteiger partial charge >= 0.3 is 11.9 Å². The molecular weight excluding hydrogens is 348 g/mol. The zero-order valence-corrected chi connectivity index (χ0v) is 14.7. The largest absolute Gasteiger partial charge is 0.481 e. The Hall–Kier alpha value is -2.69. The third kappa shape index (κ3) is 8.42. The summed E-state index contributed by atoms with van der Waals surface area (Å²) in [6.45, 7) is 3.39. The molecule has 3 amide bonds. The Bertz CT molecular complexity index is 552. The zero-order valence-electron chi connectivity index (χ0n) is 14.7. The van der Waals surface area contributed by atoms with Crippen molar-refractivity contribution >= 4 is 29.7 Å². The van der Waals surface area contributed by atoms with E-state index in [1.807, 2.05) is 0 Å². The van der Waals surface area contributed by atoms with Gasteiger partial charge in [-0.15, -0.1) is 0 Å². The number of rotatable bonds is 12. The molecule has 0 aliphatic rings. The van der Waals surface area contributed by atoms with Gasteiger partial charge in [0.1, 0.15) is 12.1 Å². The van der Waals surface area contributed by atoms with Gasteiger partial charge in [-0.3, -0.25) is 19.2 Å². The third-order valence-electron chi connectivity index (χ3n) is 3.82. The average Bonchev–Trinajstić information content (AvgIpc) is 2.53. The van der Waals surface area contributed by atoms with Crippen LogP contribution in [0.25, 0.3) is 0 Å². The quantitative estimate of drug-likeness (QED) is 0.228. The SMILES string of the molecule is CCC(C)C(NC(=O)C(CCC(N)=O)NC(=O)C(N)CC(=O)O)C(=O)O. The molecule has 148 valence electrons. The van der Waals surface area contributed by atoms with Crippen LogP contribution in [-0.4, -0.2) is 58.0 Å². The van der Waals surface area contributed by atoms with Gasteiger partial charge in [0.2, 0.25) is 17.7 Å². The number of aliphatic carboxylic acids is 2. The smallest absolute Gasteiger partial charge is 0.326 e. The number of nitrogens with one attached hydrogen (secondary N) is 2. The number of carboxylic acids is 2. The number of carboxylic acid groups (broad SMARTS) is 2. The fraction of sp³-hybridized carbons (Fsp3) is 0.667. The highest BCUT2D eigenvalue weighted by molar-refractivity contribution is 5.93. The molecule has 0 aromatic rings. The first kappa shape index (κ1) is 23.3. The lowest BCUT2D eigenvalue weighted by molar-refractivity contribution is -0.144. The lowest BCUT2D eigenvalue weighted by atomic mass is 9.98. The highest BCUT2D eigenvalue weighted by atomic mass is 16.4. The van der Waals surface area contributed by atoms with Gasteiger partial charge in [0, 0.05) is 6.42 Å². The standard InChI is InChI=1S/C15H26N4O7/c1-3-7(2)12(15(25)26)19-14(24)9(4-5-10(17)20)18-13(23)8(16)6-11(21)22/h7-9,12H,3-6,16H2,1-2H3,(H2,17,20)(H,18,23)(H,19,24)(H,21,22)(H,25,26). The van der Waals surface area contributed by atoms with Crippen molar-refractivity contribution in [3.05, 3.63) is 0 Å². The Morgan fingerprint density at radius 3 is 2.04 bits per heavy atom. The Morgan fingerprint density at radius 2 is 1.62 bits per heavy atom. The molecule has 0 fully saturated rings. The van der Waals surface area contributed by atoms with Gasteiger partial charge in [-0.05, 0) is 12.3 Å². The van der Waals surface area contributed by atoms with E-state index < -0.39 is 54.2 Å². The first-order valence-electron chi connectivity index (χ1n) is 8.08. The molecule has 4 atom stereocenters. The highest BCUT2D eigenvalue weighted by Gasteiger charge is 2.30. The van der Waals surface area contributed by atoms with E-state index in [4.69, 9.17) is 16.6 Å². The van der Waals surface area contributed by atoms with E-state index in [1.54, 1.807) is 13.8 Å². The van der Waals surface area contributed by atoms with Gasteiger partial charge in [-0.2, -0.15) is 0 Å². The van der Waals surface area contributed by atoms with Crippen molar-refractivity contribution < 1.29 is 34.2 Å². The summed E-state index contributed by atoms with van der Waals surface area (Å²) in [5.41, 5.74) is 10.5. The fourth-order valence-corrected chi connectivity index (χ4v) is 2.05. The molecule has 0 saturated heterocycles. The van der Waals surface area contributed by atoms with Crippen LogP contribution >= 0.6 is 0 Å². The molecule has 0 rings (SSSR count). The topological polar surface area (TPSA) is 202 Å². The summed E-state index contributed by atoms with van der Waals surface area (Å²) in [5, 5.41) is 22.4. The summed E-state index contributed by atoms with van der Waals surface area (Å²) in [7, 11) is 0. The van der Waals surface area contributed by atoms with Crippen molar-refractivity contribution in [2.24, 2.45) is 17.4 Å². The second kappa shape index (κ2) is 11.0. The van der Waals surface area contributed by atoms with Crippen LogP contribution in [0.1, 0.15) is 39.5 Å². The molecular formula is C15H26N4O7. The van der Waals surface area contributed by atoms with Gasteiger partial charge in [0.05, 0.1) is 12.5 Å². The van der Waals surface area contributed by atoms with Crippen molar-refractivity contribution in [3.8, 4) is 0 Å². The van der Waals surface area contributed by atoms with Gasteiger partial charge in [-0.25, -0.2) is 4.79 Å².